The van der Waals surface area contributed by atoms with Crippen molar-refractivity contribution in [3.05, 3.63) is 83.9 Å². The summed E-state index contributed by atoms with van der Waals surface area (Å²) in [5, 5.41) is 31.8. The van der Waals surface area contributed by atoms with Gasteiger partial charge in [0.25, 0.3) is 0 Å². The van der Waals surface area contributed by atoms with Crippen LogP contribution in [-0.4, -0.2) is 81.1 Å². The van der Waals surface area contributed by atoms with Crippen molar-refractivity contribution < 1.29 is 34.2 Å². The molecule has 2 aromatic rings. The number of nitrogens with one attached hydrogen (secondary N) is 4. The molecule has 0 spiro atoms. The lowest BCUT2D eigenvalue weighted by Gasteiger charge is -2.34. The number of aliphatic hydroxyl groups excluding tert-OH is 1. The van der Waals surface area contributed by atoms with Crippen LogP contribution in [0, 0.1) is 11.3 Å². The minimum Gasteiger partial charge on any atom is -0.479 e. The van der Waals surface area contributed by atoms with E-state index < -0.39 is 71.0 Å². The van der Waals surface area contributed by atoms with E-state index in [-0.39, 0.29) is 31.7 Å². The second-order valence-electron chi connectivity index (χ2n) is 13.8. The van der Waals surface area contributed by atoms with E-state index in [1.165, 1.54) is 11.0 Å². The molecule has 3 aliphatic rings. The summed E-state index contributed by atoms with van der Waals surface area (Å²) < 4.78 is 0. The van der Waals surface area contributed by atoms with E-state index in [0.29, 0.717) is 6.42 Å². The van der Waals surface area contributed by atoms with Crippen LogP contribution in [-0.2, 0) is 32.0 Å². The number of benzene rings is 2. The van der Waals surface area contributed by atoms with Gasteiger partial charge in [0.2, 0.25) is 17.7 Å². The van der Waals surface area contributed by atoms with Crippen LogP contribution < -0.4 is 21.3 Å². The van der Waals surface area contributed by atoms with E-state index in [9.17, 15) is 34.2 Å². The van der Waals surface area contributed by atoms with Gasteiger partial charge in [-0.25, -0.2) is 9.59 Å². The normalized spacial score (nSPS) is 26.8. The molecular weight excluding hydrogens is 602 g/mol. The van der Waals surface area contributed by atoms with Crippen molar-refractivity contribution in [2.75, 3.05) is 6.54 Å². The number of nitrogens with zero attached hydrogens (tertiary/aromatic N) is 1. The Labute approximate surface area is 274 Å². The number of hydrogen-bond acceptors (Lipinski definition) is 6. The highest BCUT2D eigenvalue weighted by Crippen LogP contribution is 2.45. The number of urea groups is 1. The molecule has 47 heavy (non-hydrogen) atoms. The van der Waals surface area contributed by atoms with Crippen molar-refractivity contribution >= 4 is 29.7 Å². The third-order valence-corrected chi connectivity index (χ3v) is 9.36. The van der Waals surface area contributed by atoms with Crippen molar-refractivity contribution in [3.8, 4) is 0 Å². The van der Waals surface area contributed by atoms with Gasteiger partial charge >= 0.3 is 12.0 Å². The van der Waals surface area contributed by atoms with Crippen LogP contribution in [0.3, 0.4) is 0 Å². The van der Waals surface area contributed by atoms with E-state index in [2.05, 4.69) is 27.8 Å². The van der Waals surface area contributed by atoms with Crippen LogP contribution >= 0.6 is 0 Å². The summed E-state index contributed by atoms with van der Waals surface area (Å²) in [5.41, 5.74) is 0.252. The molecule has 0 bridgehead atoms. The lowest BCUT2D eigenvalue weighted by atomic mass is 9.86. The molecule has 0 radical (unpaired) electrons. The van der Waals surface area contributed by atoms with Crippen LogP contribution in [0.25, 0.3) is 0 Å². The van der Waals surface area contributed by atoms with Gasteiger partial charge in [-0.3, -0.25) is 14.4 Å². The molecule has 12 heteroatoms. The van der Waals surface area contributed by atoms with Gasteiger partial charge in [0.15, 0.2) is 0 Å². The summed E-state index contributed by atoms with van der Waals surface area (Å²) >= 11 is 0. The van der Waals surface area contributed by atoms with E-state index in [1.54, 1.807) is 20.8 Å². The van der Waals surface area contributed by atoms with Gasteiger partial charge in [-0.15, -0.1) is 6.58 Å². The maximum absolute atomic E-state index is 13.9. The molecular formula is C35H43N5O7. The van der Waals surface area contributed by atoms with Gasteiger partial charge in [0.05, 0.1) is 18.6 Å². The summed E-state index contributed by atoms with van der Waals surface area (Å²) in [7, 11) is 0. The molecule has 0 aromatic heterocycles. The van der Waals surface area contributed by atoms with Gasteiger partial charge in [-0.05, 0) is 34.9 Å². The van der Waals surface area contributed by atoms with Gasteiger partial charge in [-0.2, -0.15) is 0 Å². The highest BCUT2D eigenvalue weighted by molar-refractivity contribution is 5.95. The fourth-order valence-electron chi connectivity index (χ4n) is 6.66. The molecule has 1 saturated carbocycles. The van der Waals surface area contributed by atoms with E-state index >= 15 is 0 Å². The first kappa shape index (κ1) is 33.6. The fraction of sp³-hybridized carbons (Fsp3) is 0.457. The molecule has 2 aromatic carbocycles. The molecule has 1 heterocycles. The fourth-order valence-corrected chi connectivity index (χ4v) is 6.66. The predicted octanol–water partition coefficient (Wildman–Crippen LogP) is 1.83. The van der Waals surface area contributed by atoms with Crippen molar-refractivity contribution in [2.24, 2.45) is 11.3 Å². The van der Waals surface area contributed by atoms with E-state index in [4.69, 9.17) is 0 Å². The first-order chi connectivity index (χ1) is 22.2. The number of carboxylic acids is 1. The van der Waals surface area contributed by atoms with E-state index in [0.717, 1.165) is 16.7 Å². The smallest absolute Gasteiger partial charge is 0.330 e. The zero-order valence-electron chi connectivity index (χ0n) is 26.9. The number of hydrogen-bond donors (Lipinski definition) is 6. The number of rotatable bonds is 10. The number of carbonyl (C=O) groups excluding carboxylic acids is 4. The minimum absolute atomic E-state index is 0.0391. The zero-order valence-corrected chi connectivity index (χ0v) is 26.9. The van der Waals surface area contributed by atoms with Crippen molar-refractivity contribution in [1.29, 1.82) is 0 Å². The Morgan fingerprint density at radius 1 is 1.04 bits per heavy atom. The molecule has 250 valence electrons. The van der Waals surface area contributed by atoms with Crippen LogP contribution in [0.4, 0.5) is 4.79 Å². The standard InChI is InChI=1S/C35H43N5O7/c1-5-22-18-35(22,32(45)46)39-30(43)25-17-23(36-27(42)15-20-11-7-6-8-12-20)19-40(25)33(47)38-29(34(2,3)4)31(44)37-28-24-14-10-9-13-21(24)16-26(28)41/h5-14,22-23,25-26,28-29,41H,1,15-19H2,2-4H3,(H,36,42)(H,37,44)(H,38,47)(H,39,43)(H,45,46)/t22?,23-,25+,26-,28?,29-,35-/m1/s1. The lowest BCUT2D eigenvalue weighted by molar-refractivity contribution is -0.144. The van der Waals surface area contributed by atoms with Crippen molar-refractivity contribution in [2.45, 2.75) is 82.3 Å². The Morgan fingerprint density at radius 2 is 1.72 bits per heavy atom. The molecule has 2 fully saturated rings. The molecule has 1 saturated heterocycles. The molecule has 5 amide bonds. The number of carboxylic acid groups (broad SMARTS) is 1. The van der Waals surface area contributed by atoms with Gasteiger partial charge in [0.1, 0.15) is 17.6 Å². The Hall–Kier alpha value is -4.71. The third kappa shape index (κ3) is 7.17. The Balaban J connectivity index is 1.33. The molecule has 2 unspecified atom stereocenters. The van der Waals surface area contributed by atoms with Crippen molar-refractivity contribution in [3.63, 3.8) is 0 Å². The predicted molar refractivity (Wildman–Crippen MR) is 173 cm³/mol. The quantitative estimate of drug-likeness (QED) is 0.214. The number of fused-ring (bicyclic) bond motifs is 1. The van der Waals surface area contributed by atoms with Crippen LogP contribution in [0.1, 0.15) is 56.3 Å². The maximum Gasteiger partial charge on any atom is 0.330 e. The number of likely N-dealkylation sites (tertiary alicyclic amines) is 1. The average Bonchev–Trinajstić information content (AvgIpc) is 3.43. The van der Waals surface area contributed by atoms with Crippen LogP contribution in [0.2, 0.25) is 0 Å². The second-order valence-corrected chi connectivity index (χ2v) is 13.8. The van der Waals surface area contributed by atoms with Gasteiger partial charge in [-0.1, -0.05) is 81.4 Å². The van der Waals surface area contributed by atoms with Crippen LogP contribution in [0.15, 0.2) is 67.3 Å². The molecule has 2 aliphatic carbocycles. The van der Waals surface area contributed by atoms with Gasteiger partial charge in [0, 0.05) is 24.9 Å². The maximum atomic E-state index is 13.9. The summed E-state index contributed by atoms with van der Waals surface area (Å²) in [6, 6.07) is 12.4. The van der Waals surface area contributed by atoms with Crippen LogP contribution in [0.5, 0.6) is 0 Å². The molecule has 6 N–H and O–H groups in total. The molecule has 7 atom stereocenters. The number of amides is 5. The number of carbonyl (C=O) groups is 5. The SMILES string of the molecule is C=CC1C[C@]1(NC(=O)[C@@H]1C[C@@H](NC(=O)Cc2ccccc2)CN1C(=O)N[C@H](C(=O)NC1c2ccccc2C[C@H]1O)C(C)(C)C)C(=O)O. The highest BCUT2D eigenvalue weighted by Gasteiger charge is 2.61. The Kier molecular flexibility index (Phi) is 9.44. The molecule has 12 nitrogen and oxygen atoms in total. The first-order valence-electron chi connectivity index (χ1n) is 15.9. The Bertz CT molecular complexity index is 1560. The number of aliphatic hydroxyl groups is 1. The largest absolute Gasteiger partial charge is 0.479 e. The minimum atomic E-state index is -1.51. The lowest BCUT2D eigenvalue weighted by Crippen LogP contribution is -2.60. The third-order valence-electron chi connectivity index (χ3n) is 9.36. The summed E-state index contributed by atoms with van der Waals surface area (Å²) in [5.74, 6) is -3.12. The first-order valence-corrected chi connectivity index (χ1v) is 15.9. The monoisotopic (exact) mass is 645 g/mol. The molecule has 1 aliphatic heterocycles. The highest BCUT2D eigenvalue weighted by atomic mass is 16.4. The zero-order chi connectivity index (χ0) is 34.1. The summed E-state index contributed by atoms with van der Waals surface area (Å²) in [6.45, 7) is 8.99. The van der Waals surface area contributed by atoms with E-state index in [1.807, 2.05) is 54.6 Å². The topological polar surface area (TPSA) is 177 Å². The number of aliphatic carboxylic acids is 1. The summed E-state index contributed by atoms with van der Waals surface area (Å²) in [4.78, 5) is 67.6. The molecule has 5 rings (SSSR count). The summed E-state index contributed by atoms with van der Waals surface area (Å²) in [6.07, 6.45) is 1.36. The van der Waals surface area contributed by atoms with Gasteiger partial charge < -0.3 is 36.4 Å². The second kappa shape index (κ2) is 13.2. The van der Waals surface area contributed by atoms with Crippen molar-refractivity contribution in [1.82, 2.24) is 26.2 Å². The average molecular weight is 646 g/mol. The Morgan fingerprint density at radius 3 is 2.36 bits per heavy atom.